The Hall–Kier alpha value is -1.56. The highest BCUT2D eigenvalue weighted by molar-refractivity contribution is 5.33. The third-order valence-electron chi connectivity index (χ3n) is 3.79. The molecule has 0 unspecified atom stereocenters. The van der Waals surface area contributed by atoms with Gasteiger partial charge in [0.2, 0.25) is 17.7 Å². The van der Waals surface area contributed by atoms with Crippen LogP contribution in [0.25, 0.3) is 0 Å². The van der Waals surface area contributed by atoms with Crippen molar-refractivity contribution in [3.05, 3.63) is 6.07 Å². The van der Waals surface area contributed by atoms with Crippen LogP contribution in [0.15, 0.2) is 6.07 Å². The molecule has 2 N–H and O–H groups in total. The smallest absolute Gasteiger partial charge is 0.229 e. The Balaban J connectivity index is 1.74. The van der Waals surface area contributed by atoms with E-state index in [0.717, 1.165) is 13.1 Å². The molecule has 0 atom stereocenters. The summed E-state index contributed by atoms with van der Waals surface area (Å²) in [5.74, 6) is 1.54. The third-order valence-corrected chi connectivity index (χ3v) is 3.79. The first-order valence-electron chi connectivity index (χ1n) is 7.76. The van der Waals surface area contributed by atoms with Crippen molar-refractivity contribution in [1.29, 1.82) is 0 Å². The lowest BCUT2D eigenvalue weighted by Gasteiger charge is -2.16. The molecule has 118 valence electrons. The minimum Gasteiger partial charge on any atom is -0.481 e. The topological polar surface area (TPSA) is 68.3 Å². The number of anilines is 1. The molecule has 0 spiro atoms. The average Bonchev–Trinajstić information content (AvgIpc) is 2.80. The van der Waals surface area contributed by atoms with Crippen LogP contribution in [0, 0.1) is 0 Å². The molecular formula is C15H26N4O2. The Morgan fingerprint density at radius 2 is 1.62 bits per heavy atom. The van der Waals surface area contributed by atoms with Gasteiger partial charge >= 0.3 is 0 Å². The van der Waals surface area contributed by atoms with Gasteiger partial charge in [-0.25, -0.2) is 0 Å². The quantitative estimate of drug-likeness (QED) is 0.593. The minimum absolute atomic E-state index is 0.501. The van der Waals surface area contributed by atoms with Gasteiger partial charge in [-0.05, 0) is 12.8 Å². The highest BCUT2D eigenvalue weighted by Crippen LogP contribution is 2.18. The molecule has 0 bridgehead atoms. The number of rotatable bonds is 7. The molecular weight excluding hydrogens is 268 g/mol. The van der Waals surface area contributed by atoms with Crippen LogP contribution in [-0.2, 0) is 0 Å². The number of hydrogen-bond donors (Lipinski definition) is 2. The van der Waals surface area contributed by atoms with Crippen LogP contribution in [0.5, 0.6) is 11.8 Å². The van der Waals surface area contributed by atoms with E-state index >= 15 is 0 Å². The van der Waals surface area contributed by atoms with Crippen molar-refractivity contribution in [2.75, 3.05) is 32.6 Å². The largest absolute Gasteiger partial charge is 0.481 e. The summed E-state index contributed by atoms with van der Waals surface area (Å²) in [7, 11) is 3.17. The van der Waals surface area contributed by atoms with Crippen molar-refractivity contribution in [3.8, 4) is 11.8 Å². The van der Waals surface area contributed by atoms with E-state index in [4.69, 9.17) is 9.47 Å². The number of nitrogens with zero attached hydrogens (tertiary/aromatic N) is 2. The summed E-state index contributed by atoms with van der Waals surface area (Å²) >= 11 is 0. The zero-order valence-electron chi connectivity index (χ0n) is 13.0. The Bertz CT molecular complexity index is 398. The average molecular weight is 294 g/mol. The first-order chi connectivity index (χ1) is 10.3. The molecule has 1 aromatic heterocycles. The Morgan fingerprint density at radius 3 is 2.19 bits per heavy atom. The molecule has 0 aliphatic heterocycles. The molecule has 0 radical (unpaired) electrons. The predicted octanol–water partition coefficient (Wildman–Crippen LogP) is 2.22. The van der Waals surface area contributed by atoms with E-state index in [1.807, 2.05) is 0 Å². The van der Waals surface area contributed by atoms with Crippen LogP contribution in [0.1, 0.15) is 38.5 Å². The summed E-state index contributed by atoms with van der Waals surface area (Å²) in [6.45, 7) is 1.69. The van der Waals surface area contributed by atoms with Crippen LogP contribution in [-0.4, -0.2) is 43.3 Å². The van der Waals surface area contributed by atoms with Crippen molar-refractivity contribution in [3.63, 3.8) is 0 Å². The van der Waals surface area contributed by atoms with Gasteiger partial charge < -0.3 is 20.1 Å². The maximum Gasteiger partial charge on any atom is 0.229 e. The number of aromatic nitrogens is 2. The van der Waals surface area contributed by atoms with Crippen LogP contribution < -0.4 is 20.1 Å². The van der Waals surface area contributed by atoms with Gasteiger partial charge in [0.15, 0.2) is 0 Å². The van der Waals surface area contributed by atoms with E-state index in [1.165, 1.54) is 38.5 Å². The molecule has 6 nitrogen and oxygen atoms in total. The lowest BCUT2D eigenvalue weighted by atomic mass is 10.1. The molecule has 0 saturated heterocycles. The van der Waals surface area contributed by atoms with Crippen LogP contribution >= 0.6 is 0 Å². The molecule has 1 heterocycles. The maximum atomic E-state index is 5.13. The van der Waals surface area contributed by atoms with Gasteiger partial charge in [-0.15, -0.1) is 0 Å². The van der Waals surface area contributed by atoms with Crippen molar-refractivity contribution in [2.24, 2.45) is 0 Å². The standard InChI is InChI=1S/C15H26N4O2/c1-20-13-11-14(21-2)19-15(18-13)17-10-9-16-12-7-5-3-4-6-8-12/h11-12,16H,3-10H2,1-2H3,(H,17,18,19). The molecule has 0 aromatic carbocycles. The number of methoxy groups -OCH3 is 2. The molecule has 1 aliphatic rings. The Labute approximate surface area is 126 Å². The van der Waals surface area contributed by atoms with E-state index in [9.17, 15) is 0 Å². The molecule has 21 heavy (non-hydrogen) atoms. The number of ether oxygens (including phenoxy) is 2. The zero-order valence-corrected chi connectivity index (χ0v) is 13.0. The Kier molecular flexibility index (Phi) is 6.53. The van der Waals surface area contributed by atoms with Gasteiger partial charge in [-0.2, -0.15) is 9.97 Å². The van der Waals surface area contributed by atoms with Crippen LogP contribution in [0.2, 0.25) is 0 Å². The summed E-state index contributed by atoms with van der Waals surface area (Å²) in [6, 6.07) is 2.32. The SMILES string of the molecule is COc1cc(OC)nc(NCCNC2CCCCCC2)n1. The van der Waals surface area contributed by atoms with Crippen molar-refractivity contribution >= 4 is 5.95 Å². The monoisotopic (exact) mass is 294 g/mol. The fourth-order valence-corrected chi connectivity index (χ4v) is 2.63. The fourth-order valence-electron chi connectivity index (χ4n) is 2.63. The second kappa shape index (κ2) is 8.67. The highest BCUT2D eigenvalue weighted by atomic mass is 16.5. The predicted molar refractivity (Wildman–Crippen MR) is 83.1 cm³/mol. The second-order valence-electron chi connectivity index (χ2n) is 5.35. The van der Waals surface area contributed by atoms with E-state index in [0.29, 0.717) is 23.8 Å². The van der Waals surface area contributed by atoms with Gasteiger partial charge in [0.25, 0.3) is 0 Å². The van der Waals surface area contributed by atoms with Crippen molar-refractivity contribution in [1.82, 2.24) is 15.3 Å². The van der Waals surface area contributed by atoms with Gasteiger partial charge in [-0.3, -0.25) is 0 Å². The van der Waals surface area contributed by atoms with Gasteiger partial charge in [0.1, 0.15) is 0 Å². The van der Waals surface area contributed by atoms with Crippen molar-refractivity contribution in [2.45, 2.75) is 44.6 Å². The summed E-state index contributed by atoms with van der Waals surface area (Å²) in [6.07, 6.45) is 8.05. The molecule has 1 saturated carbocycles. The van der Waals surface area contributed by atoms with E-state index in [-0.39, 0.29) is 0 Å². The van der Waals surface area contributed by atoms with Crippen LogP contribution in [0.3, 0.4) is 0 Å². The third kappa shape index (κ3) is 5.38. The lowest BCUT2D eigenvalue weighted by Crippen LogP contribution is -2.32. The molecule has 0 amide bonds. The highest BCUT2D eigenvalue weighted by Gasteiger charge is 2.11. The fraction of sp³-hybridized carbons (Fsp3) is 0.733. The minimum atomic E-state index is 0.501. The van der Waals surface area contributed by atoms with Gasteiger partial charge in [-0.1, -0.05) is 25.7 Å². The van der Waals surface area contributed by atoms with Gasteiger partial charge in [0, 0.05) is 19.1 Å². The van der Waals surface area contributed by atoms with E-state index in [2.05, 4.69) is 20.6 Å². The van der Waals surface area contributed by atoms with E-state index in [1.54, 1.807) is 20.3 Å². The molecule has 1 aliphatic carbocycles. The normalized spacial score (nSPS) is 16.3. The van der Waals surface area contributed by atoms with Crippen molar-refractivity contribution < 1.29 is 9.47 Å². The van der Waals surface area contributed by atoms with E-state index < -0.39 is 0 Å². The zero-order chi connectivity index (χ0) is 14.9. The molecule has 2 rings (SSSR count). The summed E-state index contributed by atoms with van der Waals surface area (Å²) < 4.78 is 10.3. The molecule has 6 heteroatoms. The first kappa shape index (κ1) is 15.8. The second-order valence-corrected chi connectivity index (χ2v) is 5.35. The Morgan fingerprint density at radius 1 is 1.00 bits per heavy atom. The summed E-state index contributed by atoms with van der Waals surface area (Å²) in [5, 5.41) is 6.81. The lowest BCUT2D eigenvalue weighted by molar-refractivity contribution is 0.372. The maximum absolute atomic E-state index is 5.13. The summed E-state index contributed by atoms with van der Waals surface area (Å²) in [4.78, 5) is 8.49. The molecule has 1 fully saturated rings. The first-order valence-corrected chi connectivity index (χ1v) is 7.76. The number of nitrogens with one attached hydrogen (secondary N) is 2. The summed E-state index contributed by atoms with van der Waals surface area (Å²) in [5.41, 5.74) is 0. The van der Waals surface area contributed by atoms with Crippen LogP contribution in [0.4, 0.5) is 5.95 Å². The number of hydrogen-bond acceptors (Lipinski definition) is 6. The van der Waals surface area contributed by atoms with Gasteiger partial charge in [0.05, 0.1) is 20.3 Å². The molecule has 1 aromatic rings.